The number of esters is 2. The van der Waals surface area contributed by atoms with Crippen molar-refractivity contribution < 1.29 is 28.5 Å². The van der Waals surface area contributed by atoms with Gasteiger partial charge >= 0.3 is 11.9 Å². The van der Waals surface area contributed by atoms with Crippen molar-refractivity contribution in [3.63, 3.8) is 0 Å². The Hall–Kier alpha value is -3.54. The number of benzene rings is 2. The topological polar surface area (TPSA) is 71.1 Å². The fourth-order valence-corrected chi connectivity index (χ4v) is 2.31. The van der Waals surface area contributed by atoms with Gasteiger partial charge in [-0.05, 0) is 47.5 Å². The third-order valence-electron chi connectivity index (χ3n) is 3.58. The molecule has 2 rings (SSSR count). The lowest BCUT2D eigenvalue weighted by molar-refractivity contribution is -0.141. The van der Waals surface area contributed by atoms with E-state index in [4.69, 9.17) is 18.9 Å². The zero-order valence-corrected chi connectivity index (χ0v) is 16.2. The van der Waals surface area contributed by atoms with E-state index in [0.29, 0.717) is 11.5 Å². The summed E-state index contributed by atoms with van der Waals surface area (Å²) < 4.78 is 20.9. The Kier molecular flexibility index (Phi) is 7.39. The van der Waals surface area contributed by atoms with Crippen LogP contribution in [0.15, 0.2) is 60.0 Å². The first kappa shape index (κ1) is 20.8. The summed E-state index contributed by atoms with van der Waals surface area (Å²) in [6.07, 6.45) is 3.22. The van der Waals surface area contributed by atoms with Crippen molar-refractivity contribution in [1.82, 2.24) is 0 Å². The Morgan fingerprint density at radius 2 is 0.964 bits per heavy atom. The average Bonchev–Trinajstić information content (AvgIpc) is 2.67. The van der Waals surface area contributed by atoms with Gasteiger partial charge in [0, 0.05) is 13.8 Å². The number of rotatable bonds is 7. The molecule has 0 spiro atoms. The molecule has 0 aliphatic rings. The molecule has 0 aromatic heterocycles. The van der Waals surface area contributed by atoms with Gasteiger partial charge in [-0.2, -0.15) is 0 Å². The molecule has 2 aromatic rings. The molecule has 0 atom stereocenters. The maximum absolute atomic E-state index is 11.6. The predicted octanol–water partition coefficient (Wildman–Crippen LogP) is 4.21. The number of hydrogen-bond donors (Lipinski definition) is 0. The van der Waals surface area contributed by atoms with E-state index in [1.807, 2.05) is 0 Å². The van der Waals surface area contributed by atoms with Crippen LogP contribution in [-0.4, -0.2) is 26.2 Å². The van der Waals surface area contributed by atoms with Gasteiger partial charge in [0.15, 0.2) is 11.5 Å². The van der Waals surface area contributed by atoms with Crippen molar-refractivity contribution in [1.29, 1.82) is 0 Å². The first-order chi connectivity index (χ1) is 13.4. The molecule has 0 N–H and O–H groups in total. The lowest BCUT2D eigenvalue weighted by Crippen LogP contribution is -2.07. The molecule has 0 aliphatic carbocycles. The van der Waals surface area contributed by atoms with Crippen LogP contribution in [0.2, 0.25) is 0 Å². The molecular formula is C22H22O6. The van der Waals surface area contributed by atoms with Gasteiger partial charge in [0.2, 0.25) is 0 Å². The minimum absolute atomic E-state index is 0.115. The molecule has 0 bridgehead atoms. The third-order valence-corrected chi connectivity index (χ3v) is 3.58. The molecule has 28 heavy (non-hydrogen) atoms. The maximum atomic E-state index is 11.6. The van der Waals surface area contributed by atoms with E-state index < -0.39 is 11.9 Å². The Morgan fingerprint density at radius 3 is 1.21 bits per heavy atom. The Labute approximate surface area is 164 Å². The minimum atomic E-state index is -0.535. The third kappa shape index (κ3) is 6.32. The van der Waals surface area contributed by atoms with E-state index in [9.17, 15) is 9.59 Å². The smallest absolute Gasteiger partial charge is 0.308 e. The van der Waals surface area contributed by atoms with E-state index in [2.05, 4.69) is 0 Å². The zero-order valence-electron chi connectivity index (χ0n) is 16.2. The molecule has 0 heterocycles. The highest BCUT2D eigenvalue weighted by molar-refractivity contribution is 5.75. The average molecular weight is 382 g/mol. The van der Waals surface area contributed by atoms with E-state index in [0.717, 1.165) is 11.1 Å². The second kappa shape index (κ2) is 9.97. The molecule has 146 valence electrons. The van der Waals surface area contributed by atoms with Crippen LogP contribution >= 0.6 is 0 Å². The van der Waals surface area contributed by atoms with Gasteiger partial charge < -0.3 is 18.9 Å². The normalized spacial score (nSPS) is 11.6. The molecule has 2 aromatic carbocycles. The van der Waals surface area contributed by atoms with Gasteiger partial charge in [-0.3, -0.25) is 9.59 Å². The molecule has 0 aliphatic heterocycles. The van der Waals surface area contributed by atoms with Gasteiger partial charge in [-0.1, -0.05) is 24.3 Å². The molecular weight excluding hydrogens is 360 g/mol. The van der Waals surface area contributed by atoms with E-state index in [-0.39, 0.29) is 11.5 Å². The fraction of sp³-hybridized carbons (Fsp3) is 0.182. The predicted molar refractivity (Wildman–Crippen MR) is 105 cm³/mol. The number of carbonyl (C=O) groups is 2. The van der Waals surface area contributed by atoms with Crippen LogP contribution in [0.3, 0.4) is 0 Å². The number of carbonyl (C=O) groups excluding carboxylic acids is 2. The summed E-state index contributed by atoms with van der Waals surface area (Å²) >= 11 is 0. The summed E-state index contributed by atoms with van der Waals surface area (Å²) in [6.45, 7) is 2.56. The van der Waals surface area contributed by atoms with Crippen LogP contribution in [0.4, 0.5) is 0 Å². The summed E-state index contributed by atoms with van der Waals surface area (Å²) in [5, 5.41) is 0. The molecule has 6 nitrogen and oxygen atoms in total. The summed E-state index contributed by atoms with van der Waals surface area (Å²) in [7, 11) is 3.15. The fourth-order valence-electron chi connectivity index (χ4n) is 2.31. The van der Waals surface area contributed by atoms with Crippen molar-refractivity contribution >= 4 is 24.1 Å². The highest BCUT2D eigenvalue weighted by atomic mass is 16.6. The Morgan fingerprint density at radius 1 is 0.643 bits per heavy atom. The number of hydrogen-bond acceptors (Lipinski definition) is 6. The first-order valence-electron chi connectivity index (χ1n) is 8.50. The molecule has 0 fully saturated rings. The van der Waals surface area contributed by atoms with Crippen LogP contribution in [0.5, 0.6) is 11.5 Å². The molecule has 0 amide bonds. The number of ether oxygens (including phenoxy) is 4. The van der Waals surface area contributed by atoms with E-state index >= 15 is 0 Å². The highest BCUT2D eigenvalue weighted by Crippen LogP contribution is 2.23. The van der Waals surface area contributed by atoms with E-state index in [1.165, 1.54) is 13.8 Å². The minimum Gasteiger partial charge on any atom is -0.497 e. The van der Waals surface area contributed by atoms with Crippen molar-refractivity contribution in [2.75, 3.05) is 14.2 Å². The van der Waals surface area contributed by atoms with Gasteiger partial charge in [-0.15, -0.1) is 0 Å². The first-order valence-corrected chi connectivity index (χ1v) is 8.50. The lowest BCUT2D eigenvalue weighted by atomic mass is 10.1. The van der Waals surface area contributed by atoms with Gasteiger partial charge in [0.05, 0.1) is 14.2 Å². The second-order valence-electron chi connectivity index (χ2n) is 5.75. The van der Waals surface area contributed by atoms with Crippen LogP contribution in [-0.2, 0) is 19.1 Å². The van der Waals surface area contributed by atoms with Gasteiger partial charge in [-0.25, -0.2) is 0 Å². The van der Waals surface area contributed by atoms with Crippen LogP contribution in [0.1, 0.15) is 25.0 Å². The Balaban J connectivity index is 2.47. The molecule has 0 radical (unpaired) electrons. The molecule has 0 saturated carbocycles. The van der Waals surface area contributed by atoms with Crippen molar-refractivity contribution in [2.45, 2.75) is 13.8 Å². The monoisotopic (exact) mass is 382 g/mol. The lowest BCUT2D eigenvalue weighted by Gasteiger charge is -2.12. The summed E-state index contributed by atoms with van der Waals surface area (Å²) in [6, 6.07) is 14.3. The van der Waals surface area contributed by atoms with Gasteiger partial charge in [0.25, 0.3) is 0 Å². The zero-order chi connectivity index (χ0) is 20.5. The Bertz CT molecular complexity index is 801. The number of methoxy groups -OCH3 is 2. The standard InChI is InChI=1S/C22H22O6/c1-15(23)27-21(13-17-5-9-19(25-3)10-6-17)22(28-16(2)24)14-18-7-11-20(26-4)12-8-18/h5-14H,1-4H3/b21-13-,22-14-. The van der Waals surface area contributed by atoms with Crippen molar-refractivity contribution in [2.24, 2.45) is 0 Å². The summed E-state index contributed by atoms with van der Waals surface area (Å²) in [4.78, 5) is 23.2. The SMILES string of the molecule is COc1ccc(/C=C(OC(C)=O)/C(=C/c2ccc(OC)cc2)OC(C)=O)cc1. The van der Waals surface area contributed by atoms with Crippen molar-refractivity contribution in [3.8, 4) is 11.5 Å². The van der Waals surface area contributed by atoms with Crippen LogP contribution in [0, 0.1) is 0 Å². The molecule has 0 saturated heterocycles. The van der Waals surface area contributed by atoms with Crippen LogP contribution < -0.4 is 9.47 Å². The summed E-state index contributed by atoms with van der Waals surface area (Å²) in [5.41, 5.74) is 1.48. The van der Waals surface area contributed by atoms with E-state index in [1.54, 1.807) is 74.9 Å². The summed E-state index contributed by atoms with van der Waals surface area (Å²) in [5.74, 6) is 0.549. The molecule has 0 unspecified atom stereocenters. The van der Waals surface area contributed by atoms with Crippen molar-refractivity contribution in [3.05, 3.63) is 71.2 Å². The second-order valence-corrected chi connectivity index (χ2v) is 5.75. The molecule has 6 heteroatoms. The van der Waals surface area contributed by atoms with Gasteiger partial charge in [0.1, 0.15) is 11.5 Å². The quantitative estimate of drug-likeness (QED) is 0.406. The van der Waals surface area contributed by atoms with Crippen LogP contribution in [0.25, 0.3) is 12.2 Å². The highest BCUT2D eigenvalue weighted by Gasteiger charge is 2.14. The maximum Gasteiger partial charge on any atom is 0.308 e. The largest absolute Gasteiger partial charge is 0.497 e.